The standard InChI is InChI=1S/C15H29NO2/c1-12(2)15(14(18)16(4)10-11-17)9-7-5-6-8-13(15)3/h12-13,17H,5-11H2,1-4H3. The smallest absolute Gasteiger partial charge is 0.229 e. The van der Waals surface area contributed by atoms with Gasteiger partial charge in [-0.05, 0) is 24.7 Å². The molecule has 3 nitrogen and oxygen atoms in total. The van der Waals surface area contributed by atoms with Crippen molar-refractivity contribution in [2.45, 2.75) is 52.9 Å². The van der Waals surface area contributed by atoms with Gasteiger partial charge in [0.15, 0.2) is 0 Å². The third-order valence-electron chi connectivity index (χ3n) is 4.82. The molecule has 106 valence electrons. The molecule has 1 saturated carbocycles. The first-order valence-corrected chi connectivity index (χ1v) is 7.33. The van der Waals surface area contributed by atoms with Crippen molar-refractivity contribution in [1.82, 2.24) is 4.90 Å². The minimum absolute atomic E-state index is 0.0464. The van der Waals surface area contributed by atoms with E-state index in [1.807, 2.05) is 7.05 Å². The molecular weight excluding hydrogens is 226 g/mol. The zero-order chi connectivity index (χ0) is 13.8. The van der Waals surface area contributed by atoms with Gasteiger partial charge in [-0.1, -0.05) is 40.0 Å². The maximum Gasteiger partial charge on any atom is 0.229 e. The van der Waals surface area contributed by atoms with Gasteiger partial charge in [0.1, 0.15) is 0 Å². The first-order valence-electron chi connectivity index (χ1n) is 7.33. The lowest BCUT2D eigenvalue weighted by atomic mass is 9.64. The van der Waals surface area contributed by atoms with E-state index in [4.69, 9.17) is 5.11 Å². The molecule has 0 spiro atoms. The summed E-state index contributed by atoms with van der Waals surface area (Å²) in [6.45, 7) is 7.07. The van der Waals surface area contributed by atoms with Crippen LogP contribution in [0.3, 0.4) is 0 Å². The molecule has 0 aliphatic heterocycles. The third-order valence-corrected chi connectivity index (χ3v) is 4.82. The zero-order valence-electron chi connectivity index (χ0n) is 12.4. The van der Waals surface area contributed by atoms with Gasteiger partial charge in [-0.25, -0.2) is 0 Å². The number of likely N-dealkylation sites (N-methyl/N-ethyl adjacent to an activating group) is 1. The van der Waals surface area contributed by atoms with Crippen molar-refractivity contribution in [3.8, 4) is 0 Å². The highest BCUT2D eigenvalue weighted by atomic mass is 16.3. The van der Waals surface area contributed by atoms with Gasteiger partial charge in [-0.2, -0.15) is 0 Å². The summed E-state index contributed by atoms with van der Waals surface area (Å²) < 4.78 is 0. The summed E-state index contributed by atoms with van der Waals surface area (Å²) in [5, 5.41) is 9.03. The quantitative estimate of drug-likeness (QED) is 0.785. The lowest BCUT2D eigenvalue weighted by molar-refractivity contribution is -0.148. The van der Waals surface area contributed by atoms with E-state index in [1.54, 1.807) is 4.90 Å². The molecule has 0 bridgehead atoms. The van der Waals surface area contributed by atoms with Crippen molar-refractivity contribution in [1.29, 1.82) is 0 Å². The Morgan fingerprint density at radius 3 is 2.61 bits per heavy atom. The summed E-state index contributed by atoms with van der Waals surface area (Å²) in [7, 11) is 1.82. The second-order valence-corrected chi connectivity index (χ2v) is 6.15. The molecule has 0 aromatic heterocycles. The van der Waals surface area contributed by atoms with Crippen LogP contribution >= 0.6 is 0 Å². The van der Waals surface area contributed by atoms with Crippen LogP contribution in [0.25, 0.3) is 0 Å². The molecule has 1 rings (SSSR count). The Bertz CT molecular complexity index is 278. The Morgan fingerprint density at radius 1 is 1.39 bits per heavy atom. The number of nitrogens with zero attached hydrogens (tertiary/aromatic N) is 1. The second kappa shape index (κ2) is 6.55. The maximum absolute atomic E-state index is 12.8. The van der Waals surface area contributed by atoms with Gasteiger partial charge >= 0.3 is 0 Å². The Morgan fingerprint density at radius 2 is 2.06 bits per heavy atom. The van der Waals surface area contributed by atoms with Crippen LogP contribution in [0, 0.1) is 17.3 Å². The molecule has 2 atom stereocenters. The first-order chi connectivity index (χ1) is 8.46. The average molecular weight is 255 g/mol. The molecule has 18 heavy (non-hydrogen) atoms. The van der Waals surface area contributed by atoms with Crippen LogP contribution in [0.5, 0.6) is 0 Å². The van der Waals surface area contributed by atoms with E-state index in [9.17, 15) is 4.79 Å². The van der Waals surface area contributed by atoms with E-state index in [2.05, 4.69) is 20.8 Å². The largest absolute Gasteiger partial charge is 0.395 e. The summed E-state index contributed by atoms with van der Waals surface area (Å²) in [6, 6.07) is 0. The summed E-state index contributed by atoms with van der Waals surface area (Å²) in [5.74, 6) is 1.04. The maximum atomic E-state index is 12.8. The summed E-state index contributed by atoms with van der Waals surface area (Å²) in [6.07, 6.45) is 5.79. The minimum atomic E-state index is -0.222. The van der Waals surface area contributed by atoms with E-state index >= 15 is 0 Å². The molecule has 0 radical (unpaired) electrons. The molecule has 1 aliphatic carbocycles. The monoisotopic (exact) mass is 255 g/mol. The zero-order valence-corrected chi connectivity index (χ0v) is 12.4. The van der Waals surface area contributed by atoms with Gasteiger partial charge in [0.25, 0.3) is 0 Å². The lowest BCUT2D eigenvalue weighted by Gasteiger charge is -2.42. The van der Waals surface area contributed by atoms with Crippen molar-refractivity contribution in [3.63, 3.8) is 0 Å². The number of aliphatic hydroxyl groups excluding tert-OH is 1. The topological polar surface area (TPSA) is 40.5 Å². The number of aliphatic hydroxyl groups is 1. The van der Waals surface area contributed by atoms with Crippen molar-refractivity contribution >= 4 is 5.91 Å². The van der Waals surface area contributed by atoms with Gasteiger partial charge in [0.05, 0.1) is 12.0 Å². The van der Waals surface area contributed by atoms with Crippen LogP contribution in [0.2, 0.25) is 0 Å². The van der Waals surface area contributed by atoms with E-state index in [0.717, 1.165) is 19.3 Å². The Labute approximate surface area is 112 Å². The number of rotatable bonds is 4. The molecule has 0 aromatic rings. The SMILES string of the molecule is CC(C)C1(C(=O)N(C)CCO)CCCCCC1C. The van der Waals surface area contributed by atoms with Crippen LogP contribution in [0.1, 0.15) is 52.9 Å². The van der Waals surface area contributed by atoms with Crippen LogP contribution in [-0.4, -0.2) is 36.1 Å². The Hall–Kier alpha value is -0.570. The van der Waals surface area contributed by atoms with Crippen molar-refractivity contribution in [3.05, 3.63) is 0 Å². The molecular formula is C15H29NO2. The molecule has 1 amide bonds. The van der Waals surface area contributed by atoms with E-state index in [-0.39, 0.29) is 17.9 Å². The van der Waals surface area contributed by atoms with Crippen LogP contribution < -0.4 is 0 Å². The second-order valence-electron chi connectivity index (χ2n) is 6.15. The molecule has 1 aliphatic rings. The Kier molecular flexibility index (Phi) is 5.64. The molecule has 2 unspecified atom stereocenters. The van der Waals surface area contributed by atoms with Crippen LogP contribution in [0.4, 0.5) is 0 Å². The highest BCUT2D eigenvalue weighted by molar-refractivity contribution is 5.83. The van der Waals surface area contributed by atoms with E-state index in [1.165, 1.54) is 12.8 Å². The lowest BCUT2D eigenvalue weighted by Crippen LogP contribution is -2.49. The van der Waals surface area contributed by atoms with Gasteiger partial charge in [-0.15, -0.1) is 0 Å². The molecule has 0 saturated heterocycles. The summed E-state index contributed by atoms with van der Waals surface area (Å²) >= 11 is 0. The highest BCUT2D eigenvalue weighted by Crippen LogP contribution is 2.46. The third kappa shape index (κ3) is 2.87. The number of amides is 1. The first kappa shape index (κ1) is 15.5. The fourth-order valence-corrected chi connectivity index (χ4v) is 3.58. The van der Waals surface area contributed by atoms with Crippen LogP contribution in [-0.2, 0) is 4.79 Å². The predicted molar refractivity (Wildman–Crippen MR) is 74.2 cm³/mol. The molecule has 1 fully saturated rings. The minimum Gasteiger partial charge on any atom is -0.395 e. The predicted octanol–water partition coefficient (Wildman–Crippen LogP) is 2.68. The fourth-order valence-electron chi connectivity index (χ4n) is 3.58. The normalized spacial score (nSPS) is 29.1. The summed E-state index contributed by atoms with van der Waals surface area (Å²) in [4.78, 5) is 14.6. The summed E-state index contributed by atoms with van der Waals surface area (Å²) in [5.41, 5.74) is -0.222. The van der Waals surface area contributed by atoms with Gasteiger partial charge in [-0.3, -0.25) is 4.79 Å². The molecule has 0 heterocycles. The average Bonchev–Trinajstić information content (AvgIpc) is 2.51. The van der Waals surface area contributed by atoms with Crippen molar-refractivity contribution in [2.75, 3.05) is 20.2 Å². The molecule has 1 N–H and O–H groups in total. The van der Waals surface area contributed by atoms with E-state index in [0.29, 0.717) is 18.4 Å². The molecule has 3 heteroatoms. The van der Waals surface area contributed by atoms with E-state index < -0.39 is 0 Å². The Balaban J connectivity index is 3.00. The number of carbonyl (C=O) groups excluding carboxylic acids is 1. The van der Waals surface area contributed by atoms with Crippen molar-refractivity contribution in [2.24, 2.45) is 17.3 Å². The van der Waals surface area contributed by atoms with Crippen LogP contribution in [0.15, 0.2) is 0 Å². The van der Waals surface area contributed by atoms with Gasteiger partial charge in [0.2, 0.25) is 5.91 Å². The number of hydrogen-bond donors (Lipinski definition) is 1. The number of carbonyl (C=O) groups is 1. The fraction of sp³-hybridized carbons (Fsp3) is 0.933. The van der Waals surface area contributed by atoms with Gasteiger partial charge in [0, 0.05) is 13.6 Å². The number of hydrogen-bond acceptors (Lipinski definition) is 2. The van der Waals surface area contributed by atoms with Gasteiger partial charge < -0.3 is 10.0 Å². The highest BCUT2D eigenvalue weighted by Gasteiger charge is 2.47. The van der Waals surface area contributed by atoms with Crippen molar-refractivity contribution < 1.29 is 9.90 Å². The molecule has 0 aromatic carbocycles.